The summed E-state index contributed by atoms with van der Waals surface area (Å²) in [5.41, 5.74) is 2.76. The predicted molar refractivity (Wildman–Crippen MR) is 80.6 cm³/mol. The number of fused-ring (bicyclic) bond motifs is 1. The van der Waals surface area contributed by atoms with E-state index < -0.39 is 0 Å². The van der Waals surface area contributed by atoms with Crippen molar-refractivity contribution in [2.75, 3.05) is 0 Å². The van der Waals surface area contributed by atoms with Gasteiger partial charge in [-0.15, -0.1) is 0 Å². The number of carbonyl (C=O) groups is 1. The van der Waals surface area contributed by atoms with Gasteiger partial charge in [-0.1, -0.05) is 30.3 Å². The first-order valence-electron chi connectivity index (χ1n) is 6.74. The molecule has 0 aliphatic heterocycles. The van der Waals surface area contributed by atoms with E-state index in [0.717, 1.165) is 16.5 Å². The third kappa shape index (κ3) is 2.79. The lowest BCUT2D eigenvalue weighted by Gasteiger charge is -2.05. The second-order valence-corrected chi connectivity index (χ2v) is 5.04. The number of nitrogens with one attached hydrogen (secondary N) is 2. The minimum absolute atomic E-state index is 0.202. The van der Waals surface area contributed by atoms with Crippen molar-refractivity contribution in [3.63, 3.8) is 0 Å². The maximum Gasteiger partial charge on any atom is 0.267 e. The van der Waals surface area contributed by atoms with Crippen LogP contribution in [0.5, 0.6) is 0 Å². The summed E-state index contributed by atoms with van der Waals surface area (Å²) in [6.07, 6.45) is 0. The van der Waals surface area contributed by atoms with E-state index in [-0.39, 0.29) is 11.7 Å². The molecule has 3 aromatic rings. The minimum Gasteiger partial charge on any atom is -0.351 e. The lowest BCUT2D eigenvalue weighted by atomic mass is 10.1. The Morgan fingerprint density at radius 1 is 1.19 bits per heavy atom. The molecule has 3 rings (SSSR count). The Morgan fingerprint density at radius 3 is 2.76 bits per heavy atom. The average Bonchev–Trinajstić information content (AvgIpc) is 2.92. The zero-order valence-electron chi connectivity index (χ0n) is 11.6. The third-order valence-electron chi connectivity index (χ3n) is 3.46. The van der Waals surface area contributed by atoms with Crippen LogP contribution in [0.4, 0.5) is 4.39 Å². The highest BCUT2D eigenvalue weighted by Gasteiger charge is 2.09. The Hall–Kier alpha value is -2.62. The van der Waals surface area contributed by atoms with E-state index in [0.29, 0.717) is 17.8 Å². The summed E-state index contributed by atoms with van der Waals surface area (Å²) in [6.45, 7) is 2.01. The summed E-state index contributed by atoms with van der Waals surface area (Å²) in [4.78, 5) is 15.2. The number of aromatic nitrogens is 1. The summed E-state index contributed by atoms with van der Waals surface area (Å²) >= 11 is 0. The molecule has 3 nitrogen and oxygen atoms in total. The van der Waals surface area contributed by atoms with Crippen LogP contribution in [0.1, 0.15) is 21.6 Å². The number of hydrogen-bond donors (Lipinski definition) is 2. The number of carbonyl (C=O) groups excluding carboxylic acids is 1. The number of halogens is 1. The molecule has 0 spiro atoms. The van der Waals surface area contributed by atoms with Gasteiger partial charge in [0.05, 0.1) is 0 Å². The largest absolute Gasteiger partial charge is 0.351 e. The van der Waals surface area contributed by atoms with Gasteiger partial charge in [0.25, 0.3) is 5.91 Å². The van der Waals surface area contributed by atoms with Crippen LogP contribution < -0.4 is 5.32 Å². The van der Waals surface area contributed by atoms with Gasteiger partial charge in [0.1, 0.15) is 11.5 Å². The first-order chi connectivity index (χ1) is 10.1. The van der Waals surface area contributed by atoms with Gasteiger partial charge in [-0.25, -0.2) is 4.39 Å². The van der Waals surface area contributed by atoms with Crippen molar-refractivity contribution >= 4 is 16.8 Å². The predicted octanol–water partition coefficient (Wildman–Crippen LogP) is 3.55. The average molecular weight is 282 g/mol. The number of benzene rings is 2. The maximum atomic E-state index is 13.4. The van der Waals surface area contributed by atoms with Gasteiger partial charge in [-0.2, -0.15) is 0 Å². The fourth-order valence-electron chi connectivity index (χ4n) is 2.22. The first-order valence-corrected chi connectivity index (χ1v) is 6.74. The number of para-hydroxylation sites is 1. The molecule has 0 atom stereocenters. The van der Waals surface area contributed by atoms with Gasteiger partial charge >= 0.3 is 0 Å². The van der Waals surface area contributed by atoms with Crippen LogP contribution in [0.15, 0.2) is 48.5 Å². The highest BCUT2D eigenvalue weighted by atomic mass is 19.1. The molecule has 2 N–H and O–H groups in total. The number of aromatic amines is 1. The molecule has 0 aliphatic carbocycles. The number of rotatable bonds is 3. The fraction of sp³-hybridized carbons (Fsp3) is 0.118. The molecule has 0 fully saturated rings. The molecule has 1 amide bonds. The lowest BCUT2D eigenvalue weighted by Crippen LogP contribution is -2.23. The van der Waals surface area contributed by atoms with Crippen LogP contribution in [0.3, 0.4) is 0 Å². The highest BCUT2D eigenvalue weighted by molar-refractivity contribution is 5.97. The topological polar surface area (TPSA) is 44.9 Å². The molecule has 106 valence electrons. The van der Waals surface area contributed by atoms with Crippen molar-refractivity contribution in [1.29, 1.82) is 0 Å². The fourth-order valence-corrected chi connectivity index (χ4v) is 2.22. The molecular formula is C17H15FN2O. The second kappa shape index (κ2) is 5.40. The molecular weight excluding hydrogens is 267 g/mol. The zero-order chi connectivity index (χ0) is 14.8. The molecule has 21 heavy (non-hydrogen) atoms. The molecule has 0 saturated carbocycles. The van der Waals surface area contributed by atoms with Crippen LogP contribution in [-0.2, 0) is 6.54 Å². The summed E-state index contributed by atoms with van der Waals surface area (Å²) in [5, 5.41) is 3.78. The monoisotopic (exact) mass is 282 g/mol. The Kier molecular flexibility index (Phi) is 3.44. The molecule has 0 saturated heterocycles. The van der Waals surface area contributed by atoms with E-state index in [1.54, 1.807) is 19.1 Å². The number of H-pyrrole nitrogens is 1. The maximum absolute atomic E-state index is 13.4. The standard InChI is InChI=1S/C17H15FN2O/c1-11-6-7-12(8-14(11)18)10-19-17(21)16-9-13-4-2-3-5-15(13)20-16/h2-9,20H,10H2,1H3,(H,19,21). The van der Waals surface area contributed by atoms with Crippen LogP contribution in [0.2, 0.25) is 0 Å². The van der Waals surface area contributed by atoms with Crippen molar-refractivity contribution in [3.05, 3.63) is 71.2 Å². The Labute approximate surface area is 121 Å². The zero-order valence-corrected chi connectivity index (χ0v) is 11.6. The van der Waals surface area contributed by atoms with Gasteiger partial charge in [0.15, 0.2) is 0 Å². The van der Waals surface area contributed by atoms with Crippen molar-refractivity contribution < 1.29 is 9.18 Å². The summed E-state index contributed by atoms with van der Waals surface area (Å²) < 4.78 is 13.4. The van der Waals surface area contributed by atoms with Gasteiger partial charge < -0.3 is 10.3 Å². The summed E-state index contributed by atoms with van der Waals surface area (Å²) in [5.74, 6) is -0.459. The number of aryl methyl sites for hydroxylation is 1. The normalized spacial score (nSPS) is 10.8. The van der Waals surface area contributed by atoms with Crippen molar-refractivity contribution in [3.8, 4) is 0 Å². The third-order valence-corrected chi connectivity index (χ3v) is 3.46. The Balaban J connectivity index is 1.72. The smallest absolute Gasteiger partial charge is 0.267 e. The van der Waals surface area contributed by atoms with E-state index in [4.69, 9.17) is 0 Å². The SMILES string of the molecule is Cc1ccc(CNC(=O)c2cc3ccccc3[nH]2)cc1F. The second-order valence-electron chi connectivity index (χ2n) is 5.04. The Morgan fingerprint density at radius 2 is 2.00 bits per heavy atom. The number of amides is 1. The van der Waals surface area contributed by atoms with Gasteiger partial charge in [0.2, 0.25) is 0 Å². The van der Waals surface area contributed by atoms with Crippen LogP contribution >= 0.6 is 0 Å². The molecule has 0 bridgehead atoms. The van der Waals surface area contributed by atoms with Crippen LogP contribution in [0, 0.1) is 12.7 Å². The lowest BCUT2D eigenvalue weighted by molar-refractivity contribution is 0.0946. The summed E-state index contributed by atoms with van der Waals surface area (Å²) in [6, 6.07) is 14.5. The number of hydrogen-bond acceptors (Lipinski definition) is 1. The van der Waals surface area contributed by atoms with Crippen LogP contribution in [-0.4, -0.2) is 10.9 Å². The molecule has 0 aliphatic rings. The molecule has 1 heterocycles. The van der Waals surface area contributed by atoms with E-state index in [9.17, 15) is 9.18 Å². The van der Waals surface area contributed by atoms with E-state index in [1.165, 1.54) is 6.07 Å². The minimum atomic E-state index is -0.257. The molecule has 2 aromatic carbocycles. The van der Waals surface area contributed by atoms with E-state index in [2.05, 4.69) is 10.3 Å². The van der Waals surface area contributed by atoms with Crippen molar-refractivity contribution in [2.45, 2.75) is 13.5 Å². The first kappa shape index (κ1) is 13.4. The highest BCUT2D eigenvalue weighted by Crippen LogP contribution is 2.15. The molecule has 4 heteroatoms. The van der Waals surface area contributed by atoms with Crippen molar-refractivity contribution in [2.24, 2.45) is 0 Å². The molecule has 0 unspecified atom stereocenters. The van der Waals surface area contributed by atoms with E-state index >= 15 is 0 Å². The van der Waals surface area contributed by atoms with Crippen molar-refractivity contribution in [1.82, 2.24) is 10.3 Å². The van der Waals surface area contributed by atoms with Gasteiger partial charge in [0, 0.05) is 17.4 Å². The van der Waals surface area contributed by atoms with Gasteiger partial charge in [-0.3, -0.25) is 4.79 Å². The Bertz CT molecular complexity index is 774. The van der Waals surface area contributed by atoms with E-state index in [1.807, 2.05) is 30.3 Å². The summed E-state index contributed by atoms with van der Waals surface area (Å²) in [7, 11) is 0. The molecule has 0 radical (unpaired) electrons. The quantitative estimate of drug-likeness (QED) is 0.758. The molecule has 1 aromatic heterocycles. The van der Waals surface area contributed by atoms with Gasteiger partial charge in [-0.05, 0) is 36.2 Å². The van der Waals surface area contributed by atoms with Crippen LogP contribution in [0.25, 0.3) is 10.9 Å².